The van der Waals surface area contributed by atoms with E-state index in [9.17, 15) is 14.3 Å². The van der Waals surface area contributed by atoms with Crippen LogP contribution < -0.4 is 9.64 Å². The Morgan fingerprint density at radius 2 is 1.98 bits per heavy atom. The van der Waals surface area contributed by atoms with Gasteiger partial charge in [0.15, 0.2) is 0 Å². The number of fused-ring (bicyclic) bond motifs is 1. The lowest BCUT2D eigenvalue weighted by atomic mass is 10.1. The predicted octanol–water partition coefficient (Wildman–Crippen LogP) is 5.25. The Hall–Kier alpha value is -3.73. The first-order chi connectivity index (χ1) is 20.4. The molecule has 1 aliphatic carbocycles. The molecule has 0 amide bonds. The zero-order valence-corrected chi connectivity index (χ0v) is 24.1. The fraction of sp³-hybridized carbons (Fsp3) is 0.387. The van der Waals surface area contributed by atoms with Crippen LogP contribution in [0.1, 0.15) is 34.6 Å². The van der Waals surface area contributed by atoms with E-state index >= 15 is 0 Å². The second-order valence-corrected chi connectivity index (χ2v) is 11.3. The summed E-state index contributed by atoms with van der Waals surface area (Å²) < 4.78 is 27.5. The molecule has 1 saturated heterocycles. The van der Waals surface area contributed by atoms with Crippen LogP contribution in [0.4, 0.5) is 10.2 Å². The summed E-state index contributed by atoms with van der Waals surface area (Å²) in [4.78, 5) is 26.1. The highest BCUT2D eigenvalue weighted by molar-refractivity contribution is 6.30. The number of halogens is 2. The minimum atomic E-state index is -0.955. The third-order valence-electron chi connectivity index (χ3n) is 8.06. The summed E-state index contributed by atoms with van der Waals surface area (Å²) in [7, 11) is 1.66. The van der Waals surface area contributed by atoms with Crippen LogP contribution in [-0.2, 0) is 24.4 Å². The first-order valence-corrected chi connectivity index (χ1v) is 14.5. The van der Waals surface area contributed by atoms with Crippen LogP contribution in [0, 0.1) is 11.7 Å². The maximum Gasteiger partial charge on any atom is 0.335 e. The number of rotatable bonds is 11. The molecule has 42 heavy (non-hydrogen) atoms. The van der Waals surface area contributed by atoms with Crippen molar-refractivity contribution in [3.63, 3.8) is 0 Å². The van der Waals surface area contributed by atoms with E-state index in [1.165, 1.54) is 18.9 Å². The van der Waals surface area contributed by atoms with E-state index in [4.69, 9.17) is 31.0 Å². The average Bonchev–Trinajstić information content (AvgIpc) is 3.78. The Balaban J connectivity index is 1.18. The molecule has 1 saturated carbocycles. The third-order valence-corrected chi connectivity index (χ3v) is 8.30. The molecule has 4 aromatic rings. The molecule has 0 unspecified atom stereocenters. The smallest absolute Gasteiger partial charge is 0.335 e. The molecule has 1 N–H and O–H groups in total. The first-order valence-electron chi connectivity index (χ1n) is 14.1. The Labute approximate surface area is 248 Å². The molecular weight excluding hydrogens is 561 g/mol. The Morgan fingerprint density at radius 1 is 1.12 bits per heavy atom. The number of hydrogen-bond donors (Lipinski definition) is 1. The topological polar surface area (TPSA) is 93.0 Å². The minimum absolute atomic E-state index is 0.0654. The highest BCUT2D eigenvalue weighted by Crippen LogP contribution is 2.38. The number of aromatic carboxylic acids is 1. The van der Waals surface area contributed by atoms with Crippen molar-refractivity contribution in [2.24, 2.45) is 5.92 Å². The maximum absolute atomic E-state index is 14.2. The standard InChI is InChI=1S/C31H33ClFN5O4/c1-41-14-13-38-26-15-21(31(39)40)8-10-25(26)34-29(38)18-36-11-12-37(17-27(36)20-5-6-20)28-3-2-4-30(35-28)42-19-22-7-9-23(32)16-24(22)33/h2-4,7-10,15-16,20,27H,5-6,11-14,17-19H2,1H3,(H,39,40)/t27-/m1/s1. The molecule has 220 valence electrons. The third kappa shape index (κ3) is 6.21. The van der Waals surface area contributed by atoms with E-state index in [2.05, 4.69) is 14.4 Å². The van der Waals surface area contributed by atoms with Crippen molar-refractivity contribution in [3.8, 4) is 5.88 Å². The van der Waals surface area contributed by atoms with Gasteiger partial charge in [-0.1, -0.05) is 23.7 Å². The number of carboxylic acid groups (broad SMARTS) is 1. The van der Waals surface area contributed by atoms with Crippen LogP contribution in [0.2, 0.25) is 5.02 Å². The van der Waals surface area contributed by atoms with E-state index in [-0.39, 0.29) is 12.2 Å². The van der Waals surface area contributed by atoms with Crippen molar-refractivity contribution in [1.29, 1.82) is 0 Å². The van der Waals surface area contributed by atoms with E-state index in [0.717, 1.165) is 42.3 Å². The number of methoxy groups -OCH3 is 1. The van der Waals surface area contributed by atoms with E-state index in [1.807, 2.05) is 12.1 Å². The van der Waals surface area contributed by atoms with E-state index in [0.29, 0.717) is 48.1 Å². The number of ether oxygens (including phenoxy) is 2. The molecule has 3 heterocycles. The molecule has 2 aromatic carbocycles. The fourth-order valence-corrected chi connectivity index (χ4v) is 5.83. The van der Waals surface area contributed by atoms with Crippen molar-refractivity contribution in [2.45, 2.75) is 38.6 Å². The van der Waals surface area contributed by atoms with Gasteiger partial charge in [-0.05, 0) is 55.2 Å². The number of hydrogen-bond acceptors (Lipinski definition) is 7. The minimum Gasteiger partial charge on any atom is -0.478 e. The first kappa shape index (κ1) is 28.4. The molecule has 1 aliphatic heterocycles. The molecule has 9 nitrogen and oxygen atoms in total. The summed E-state index contributed by atoms with van der Waals surface area (Å²) in [5, 5.41) is 9.87. The van der Waals surface area contributed by atoms with Crippen LogP contribution in [0.25, 0.3) is 11.0 Å². The molecule has 0 spiro atoms. The second kappa shape index (κ2) is 12.2. The molecule has 2 fully saturated rings. The van der Waals surface area contributed by atoms with Gasteiger partial charge in [0, 0.05) is 56.0 Å². The lowest BCUT2D eigenvalue weighted by molar-refractivity contribution is 0.0697. The van der Waals surface area contributed by atoms with Gasteiger partial charge in [0.05, 0.1) is 29.7 Å². The van der Waals surface area contributed by atoms with Crippen LogP contribution in [0.15, 0.2) is 54.6 Å². The number of benzene rings is 2. The van der Waals surface area contributed by atoms with Crippen LogP contribution >= 0.6 is 11.6 Å². The number of pyridine rings is 1. The van der Waals surface area contributed by atoms with Crippen LogP contribution in [0.5, 0.6) is 5.88 Å². The van der Waals surface area contributed by atoms with Gasteiger partial charge in [0.25, 0.3) is 0 Å². The zero-order valence-electron chi connectivity index (χ0n) is 23.4. The van der Waals surface area contributed by atoms with Gasteiger partial charge in [-0.2, -0.15) is 4.98 Å². The summed E-state index contributed by atoms with van der Waals surface area (Å²) in [6.45, 7) is 4.27. The van der Waals surface area contributed by atoms with Gasteiger partial charge in [0.1, 0.15) is 24.1 Å². The number of anilines is 1. The van der Waals surface area contributed by atoms with E-state index in [1.54, 1.807) is 43.5 Å². The summed E-state index contributed by atoms with van der Waals surface area (Å²) in [5.74, 6) is 1.44. The van der Waals surface area contributed by atoms with E-state index < -0.39 is 11.8 Å². The van der Waals surface area contributed by atoms with Gasteiger partial charge in [-0.15, -0.1) is 0 Å². The number of nitrogens with zero attached hydrogens (tertiary/aromatic N) is 5. The Morgan fingerprint density at radius 3 is 2.74 bits per heavy atom. The molecule has 1 atom stereocenters. The van der Waals surface area contributed by atoms with Gasteiger partial charge in [-0.25, -0.2) is 14.2 Å². The highest BCUT2D eigenvalue weighted by atomic mass is 35.5. The number of aromatic nitrogens is 3. The largest absolute Gasteiger partial charge is 0.478 e. The number of carboxylic acids is 1. The molecule has 0 bridgehead atoms. The van der Waals surface area contributed by atoms with Crippen molar-refractivity contribution in [1.82, 2.24) is 19.4 Å². The van der Waals surface area contributed by atoms with Gasteiger partial charge in [0.2, 0.25) is 5.88 Å². The second-order valence-electron chi connectivity index (χ2n) is 10.9. The maximum atomic E-state index is 14.2. The predicted molar refractivity (Wildman–Crippen MR) is 158 cm³/mol. The lowest BCUT2D eigenvalue weighted by Crippen LogP contribution is -2.54. The Bertz CT molecular complexity index is 1590. The van der Waals surface area contributed by atoms with Crippen LogP contribution in [0.3, 0.4) is 0 Å². The van der Waals surface area contributed by atoms with Crippen molar-refractivity contribution in [3.05, 3.63) is 82.4 Å². The molecule has 0 radical (unpaired) electrons. The molecule has 2 aliphatic rings. The SMILES string of the molecule is COCCn1c(CN2CCN(c3cccc(OCc4ccc(Cl)cc4F)n3)C[C@@H]2C2CC2)nc2ccc(C(=O)O)cc21. The highest BCUT2D eigenvalue weighted by Gasteiger charge is 2.39. The molecular formula is C31H33ClFN5O4. The number of carbonyl (C=O) groups is 1. The van der Waals surface area contributed by atoms with Gasteiger partial charge >= 0.3 is 5.97 Å². The van der Waals surface area contributed by atoms with Gasteiger partial charge < -0.3 is 24.0 Å². The summed E-state index contributed by atoms with van der Waals surface area (Å²) in [5.41, 5.74) is 2.26. The number of imidazole rings is 1. The van der Waals surface area contributed by atoms with Crippen molar-refractivity contribution >= 4 is 34.4 Å². The normalized spacial score (nSPS) is 17.6. The summed E-state index contributed by atoms with van der Waals surface area (Å²) in [6, 6.07) is 15.6. The fourth-order valence-electron chi connectivity index (χ4n) is 5.67. The van der Waals surface area contributed by atoms with Crippen molar-refractivity contribution in [2.75, 3.05) is 38.3 Å². The lowest BCUT2D eigenvalue weighted by Gasteiger charge is -2.42. The van der Waals surface area contributed by atoms with Gasteiger partial charge in [-0.3, -0.25) is 4.90 Å². The van der Waals surface area contributed by atoms with Crippen LogP contribution in [-0.4, -0.2) is 69.9 Å². The summed E-state index contributed by atoms with van der Waals surface area (Å²) >= 11 is 5.87. The number of piperazine rings is 1. The Kier molecular flexibility index (Phi) is 8.28. The quantitative estimate of drug-likeness (QED) is 0.252. The zero-order chi connectivity index (χ0) is 29.2. The average molecular weight is 594 g/mol. The van der Waals surface area contributed by atoms with Crippen molar-refractivity contribution < 1.29 is 23.8 Å². The summed E-state index contributed by atoms with van der Waals surface area (Å²) in [6.07, 6.45) is 2.39. The molecule has 11 heteroatoms. The monoisotopic (exact) mass is 593 g/mol. The molecule has 2 aromatic heterocycles. The molecule has 6 rings (SSSR count).